The molecule has 0 fully saturated rings. The van der Waals surface area contributed by atoms with Gasteiger partial charge in [0.1, 0.15) is 0 Å². The monoisotopic (exact) mass is 204 g/mol. The third-order valence-corrected chi connectivity index (χ3v) is 3.26. The van der Waals surface area contributed by atoms with Crippen LogP contribution < -0.4 is 9.80 Å². The number of fused-ring (bicyclic) bond motifs is 1. The van der Waals surface area contributed by atoms with E-state index in [0.717, 1.165) is 13.1 Å². The van der Waals surface area contributed by atoms with Crippen LogP contribution in [0.3, 0.4) is 0 Å². The summed E-state index contributed by atoms with van der Waals surface area (Å²) >= 11 is 0. The minimum Gasteiger partial charge on any atom is -0.371 e. The second-order valence-corrected chi connectivity index (χ2v) is 4.75. The van der Waals surface area contributed by atoms with Crippen molar-refractivity contribution in [3.63, 3.8) is 0 Å². The Bertz CT molecular complexity index is 358. The molecule has 0 radical (unpaired) electrons. The second kappa shape index (κ2) is 3.76. The lowest BCUT2D eigenvalue weighted by atomic mass is 10.0. The summed E-state index contributed by atoms with van der Waals surface area (Å²) in [7, 11) is 4.34. The highest BCUT2D eigenvalue weighted by atomic mass is 15.2. The maximum atomic E-state index is 2.35. The summed E-state index contributed by atoms with van der Waals surface area (Å²) in [6, 6.07) is 6.83. The molecule has 2 nitrogen and oxygen atoms in total. The van der Waals surface area contributed by atoms with Gasteiger partial charge in [-0.05, 0) is 23.6 Å². The van der Waals surface area contributed by atoms with Crippen molar-refractivity contribution in [2.24, 2.45) is 0 Å². The molecule has 0 saturated heterocycles. The van der Waals surface area contributed by atoms with Gasteiger partial charge in [0, 0.05) is 27.2 Å². The molecule has 0 spiro atoms. The lowest BCUT2D eigenvalue weighted by Crippen LogP contribution is -2.36. The van der Waals surface area contributed by atoms with Crippen LogP contribution >= 0.6 is 0 Å². The first kappa shape index (κ1) is 10.3. The maximum absolute atomic E-state index is 2.35. The van der Waals surface area contributed by atoms with Crippen LogP contribution in [0.15, 0.2) is 18.2 Å². The number of rotatable bonds is 1. The van der Waals surface area contributed by atoms with E-state index in [2.05, 4.69) is 55.9 Å². The van der Waals surface area contributed by atoms with Crippen LogP contribution in [0.1, 0.15) is 25.3 Å². The van der Waals surface area contributed by atoms with Crippen molar-refractivity contribution < 1.29 is 0 Å². The molecule has 0 N–H and O–H groups in total. The predicted molar refractivity (Wildman–Crippen MR) is 67.1 cm³/mol. The minimum atomic E-state index is 0.607. The molecule has 15 heavy (non-hydrogen) atoms. The van der Waals surface area contributed by atoms with Gasteiger partial charge in [0.2, 0.25) is 0 Å². The van der Waals surface area contributed by atoms with Crippen LogP contribution in [-0.4, -0.2) is 27.2 Å². The Morgan fingerprint density at radius 3 is 2.20 bits per heavy atom. The Hall–Kier alpha value is -1.18. The fraction of sp³-hybridized carbons (Fsp3) is 0.538. The molecule has 0 amide bonds. The van der Waals surface area contributed by atoms with Crippen LogP contribution in [0.4, 0.5) is 11.4 Å². The summed E-state index contributed by atoms with van der Waals surface area (Å²) in [6.07, 6.45) is 0. The van der Waals surface area contributed by atoms with Gasteiger partial charge in [-0.25, -0.2) is 0 Å². The summed E-state index contributed by atoms with van der Waals surface area (Å²) in [5.74, 6) is 0.607. The molecule has 1 aliphatic rings. The quantitative estimate of drug-likeness (QED) is 0.694. The third-order valence-electron chi connectivity index (χ3n) is 3.26. The zero-order chi connectivity index (χ0) is 11.0. The molecule has 1 aromatic rings. The number of benzene rings is 1. The summed E-state index contributed by atoms with van der Waals surface area (Å²) in [5.41, 5.74) is 4.15. The van der Waals surface area contributed by atoms with E-state index < -0.39 is 0 Å². The zero-order valence-corrected chi connectivity index (χ0v) is 10.1. The molecule has 1 heterocycles. The van der Waals surface area contributed by atoms with Crippen molar-refractivity contribution in [1.82, 2.24) is 0 Å². The molecule has 2 rings (SSSR count). The van der Waals surface area contributed by atoms with Crippen molar-refractivity contribution >= 4 is 11.4 Å². The number of anilines is 2. The molecule has 0 aliphatic carbocycles. The average Bonchev–Trinajstić information content (AvgIpc) is 2.23. The molecule has 1 aliphatic heterocycles. The molecule has 0 aromatic heterocycles. The van der Waals surface area contributed by atoms with E-state index in [4.69, 9.17) is 0 Å². The Morgan fingerprint density at radius 1 is 1.00 bits per heavy atom. The maximum Gasteiger partial charge on any atom is 0.0604 e. The molecule has 0 saturated carbocycles. The Kier molecular flexibility index (Phi) is 2.59. The largest absolute Gasteiger partial charge is 0.371 e. The van der Waals surface area contributed by atoms with Crippen molar-refractivity contribution in [2.75, 3.05) is 37.0 Å². The lowest BCUT2D eigenvalue weighted by molar-refractivity contribution is 0.791. The first-order chi connectivity index (χ1) is 7.09. The van der Waals surface area contributed by atoms with Gasteiger partial charge in [-0.15, -0.1) is 0 Å². The molecule has 2 heteroatoms. The highest BCUT2D eigenvalue weighted by Gasteiger charge is 2.17. The topological polar surface area (TPSA) is 6.48 Å². The van der Waals surface area contributed by atoms with Gasteiger partial charge in [0.05, 0.1) is 11.4 Å². The zero-order valence-electron chi connectivity index (χ0n) is 10.1. The van der Waals surface area contributed by atoms with Crippen LogP contribution in [0.5, 0.6) is 0 Å². The SMILES string of the molecule is CC(C)c1ccc2c(c1)N(C)CCN2C. The summed E-state index contributed by atoms with van der Waals surface area (Å²) in [5, 5.41) is 0. The van der Waals surface area contributed by atoms with Gasteiger partial charge in [0.25, 0.3) is 0 Å². The first-order valence-electron chi connectivity index (χ1n) is 5.66. The number of hydrogen-bond acceptors (Lipinski definition) is 2. The van der Waals surface area contributed by atoms with Gasteiger partial charge in [0.15, 0.2) is 0 Å². The van der Waals surface area contributed by atoms with Crippen molar-refractivity contribution in [3.05, 3.63) is 23.8 Å². The van der Waals surface area contributed by atoms with E-state index in [1.165, 1.54) is 16.9 Å². The van der Waals surface area contributed by atoms with Gasteiger partial charge < -0.3 is 9.80 Å². The van der Waals surface area contributed by atoms with Gasteiger partial charge >= 0.3 is 0 Å². The van der Waals surface area contributed by atoms with Gasteiger partial charge in [-0.1, -0.05) is 19.9 Å². The molecule has 0 bridgehead atoms. The predicted octanol–water partition coefficient (Wildman–Crippen LogP) is 2.70. The number of hydrogen-bond donors (Lipinski definition) is 0. The Morgan fingerprint density at radius 2 is 1.60 bits per heavy atom. The second-order valence-electron chi connectivity index (χ2n) is 4.75. The summed E-state index contributed by atoms with van der Waals surface area (Å²) in [6.45, 7) is 6.72. The standard InChI is InChI=1S/C13H20N2/c1-10(2)11-5-6-12-13(9-11)15(4)8-7-14(12)3/h5-6,9-10H,7-8H2,1-4H3. The molecule has 0 atom stereocenters. The fourth-order valence-corrected chi connectivity index (χ4v) is 2.07. The average molecular weight is 204 g/mol. The number of likely N-dealkylation sites (N-methyl/N-ethyl adjacent to an activating group) is 2. The highest BCUT2D eigenvalue weighted by Crippen LogP contribution is 2.33. The fourth-order valence-electron chi connectivity index (χ4n) is 2.07. The van der Waals surface area contributed by atoms with Crippen LogP contribution in [0, 0.1) is 0 Å². The van der Waals surface area contributed by atoms with E-state index in [0.29, 0.717) is 5.92 Å². The molecule has 82 valence electrons. The van der Waals surface area contributed by atoms with E-state index >= 15 is 0 Å². The van der Waals surface area contributed by atoms with Crippen molar-refractivity contribution in [3.8, 4) is 0 Å². The first-order valence-corrected chi connectivity index (χ1v) is 5.66. The van der Waals surface area contributed by atoms with Crippen LogP contribution in [0.2, 0.25) is 0 Å². The van der Waals surface area contributed by atoms with E-state index in [-0.39, 0.29) is 0 Å². The van der Waals surface area contributed by atoms with Gasteiger partial charge in [-0.2, -0.15) is 0 Å². The minimum absolute atomic E-state index is 0.607. The van der Waals surface area contributed by atoms with E-state index in [1.54, 1.807) is 0 Å². The Balaban J connectivity index is 2.45. The highest BCUT2D eigenvalue weighted by molar-refractivity contribution is 5.73. The molecular weight excluding hydrogens is 184 g/mol. The molecule has 0 unspecified atom stereocenters. The molecule has 1 aromatic carbocycles. The van der Waals surface area contributed by atoms with Crippen LogP contribution in [-0.2, 0) is 0 Å². The van der Waals surface area contributed by atoms with E-state index in [1.807, 2.05) is 0 Å². The lowest BCUT2D eigenvalue weighted by Gasteiger charge is -2.35. The normalized spacial score (nSPS) is 15.8. The van der Waals surface area contributed by atoms with Gasteiger partial charge in [-0.3, -0.25) is 0 Å². The summed E-state index contributed by atoms with van der Waals surface area (Å²) < 4.78 is 0. The summed E-state index contributed by atoms with van der Waals surface area (Å²) in [4.78, 5) is 4.68. The van der Waals surface area contributed by atoms with Crippen LogP contribution in [0.25, 0.3) is 0 Å². The Labute approximate surface area is 92.5 Å². The van der Waals surface area contributed by atoms with E-state index in [9.17, 15) is 0 Å². The smallest absolute Gasteiger partial charge is 0.0604 e. The molecular formula is C13H20N2. The third kappa shape index (κ3) is 1.81. The number of nitrogens with zero attached hydrogens (tertiary/aromatic N) is 2. The van der Waals surface area contributed by atoms with Crippen molar-refractivity contribution in [1.29, 1.82) is 0 Å². The van der Waals surface area contributed by atoms with Crippen molar-refractivity contribution in [2.45, 2.75) is 19.8 Å².